The summed E-state index contributed by atoms with van der Waals surface area (Å²) in [6.07, 6.45) is 6.96. The molecule has 6 bridgehead atoms. The molecular formula is C30H34ClN5O5S. The number of nitrogens with zero attached hydrogens (tertiary/aromatic N) is 4. The van der Waals surface area contributed by atoms with Crippen LogP contribution >= 0.6 is 11.6 Å². The first-order valence-electron chi connectivity index (χ1n) is 14.3. The van der Waals surface area contributed by atoms with E-state index in [0.29, 0.717) is 65.3 Å². The fraction of sp³-hybridized carbons (Fsp3) is 0.400. The van der Waals surface area contributed by atoms with Crippen LogP contribution in [-0.4, -0.2) is 67.6 Å². The van der Waals surface area contributed by atoms with E-state index >= 15 is 0 Å². The summed E-state index contributed by atoms with van der Waals surface area (Å²) in [5.74, 6) is 1.72. The molecule has 6 rings (SSSR count). The third kappa shape index (κ3) is 5.99. The van der Waals surface area contributed by atoms with Crippen molar-refractivity contribution in [1.29, 1.82) is 0 Å². The molecule has 2 aromatic heterocycles. The van der Waals surface area contributed by atoms with Gasteiger partial charge in [-0.25, -0.2) is 22.4 Å². The summed E-state index contributed by atoms with van der Waals surface area (Å²) in [5, 5.41) is 4.27. The van der Waals surface area contributed by atoms with Crippen LogP contribution in [0.3, 0.4) is 0 Å². The van der Waals surface area contributed by atoms with Gasteiger partial charge in [-0.1, -0.05) is 11.6 Å². The second-order valence-corrected chi connectivity index (χ2v) is 12.9. The van der Waals surface area contributed by atoms with Gasteiger partial charge in [-0.15, -0.1) is 0 Å². The van der Waals surface area contributed by atoms with Gasteiger partial charge in [0.1, 0.15) is 11.5 Å². The molecule has 0 saturated carbocycles. The fourth-order valence-corrected chi connectivity index (χ4v) is 6.47. The molecule has 4 aromatic rings. The number of fused-ring (bicyclic) bond motifs is 6. The molecule has 0 radical (unpaired) electrons. The van der Waals surface area contributed by atoms with Crippen LogP contribution in [0.5, 0.6) is 11.5 Å². The van der Waals surface area contributed by atoms with Crippen LogP contribution in [0.15, 0.2) is 48.8 Å². The number of rotatable bonds is 3. The van der Waals surface area contributed by atoms with Gasteiger partial charge >= 0.3 is 0 Å². The third-order valence-electron chi connectivity index (χ3n) is 7.54. The number of hydrogen-bond acceptors (Lipinski definition) is 9. The Labute approximate surface area is 250 Å². The van der Waals surface area contributed by atoms with Gasteiger partial charge in [0.25, 0.3) is 0 Å². The Bertz CT molecular complexity index is 1690. The minimum Gasteiger partial charge on any atom is -0.494 e. The molecule has 1 fully saturated rings. The summed E-state index contributed by atoms with van der Waals surface area (Å²) in [6.45, 7) is 5.75. The van der Waals surface area contributed by atoms with Crippen molar-refractivity contribution in [2.75, 3.05) is 55.5 Å². The number of morpholine rings is 1. The summed E-state index contributed by atoms with van der Waals surface area (Å²) in [6, 6.07) is 11.4. The van der Waals surface area contributed by atoms with Gasteiger partial charge < -0.3 is 24.4 Å². The molecule has 0 atom stereocenters. The largest absolute Gasteiger partial charge is 0.494 e. The lowest BCUT2D eigenvalue weighted by molar-refractivity contribution is 0.122. The van der Waals surface area contributed by atoms with E-state index < -0.39 is 10.0 Å². The van der Waals surface area contributed by atoms with E-state index in [1.165, 1.54) is 10.2 Å². The van der Waals surface area contributed by atoms with Crippen molar-refractivity contribution in [3.63, 3.8) is 0 Å². The topological polar surface area (TPSA) is 108 Å². The molecule has 0 unspecified atom stereocenters. The maximum atomic E-state index is 13.0. The maximum absolute atomic E-state index is 13.0. The molecule has 12 heteroatoms. The Hall–Kier alpha value is -3.54. The quantitative estimate of drug-likeness (QED) is 0.305. The third-order valence-corrected chi connectivity index (χ3v) is 9.45. The molecule has 0 aliphatic carbocycles. The molecule has 2 aliphatic rings. The molecule has 0 spiro atoms. The van der Waals surface area contributed by atoms with E-state index in [-0.39, 0.29) is 5.75 Å². The number of ether oxygens (including phenoxy) is 3. The van der Waals surface area contributed by atoms with Gasteiger partial charge in [-0.05, 0) is 62.9 Å². The number of nitrogens with one attached hydrogen (secondary N) is 1. The van der Waals surface area contributed by atoms with Crippen LogP contribution in [0.1, 0.15) is 32.6 Å². The smallest absolute Gasteiger partial charge is 0.238 e. The van der Waals surface area contributed by atoms with Crippen molar-refractivity contribution in [2.24, 2.45) is 0 Å². The van der Waals surface area contributed by atoms with Gasteiger partial charge in [0.2, 0.25) is 16.0 Å². The van der Waals surface area contributed by atoms with E-state index in [4.69, 9.17) is 30.8 Å². The Morgan fingerprint density at radius 1 is 0.976 bits per heavy atom. The lowest BCUT2D eigenvalue weighted by atomic mass is 10.1. The molecular weight excluding hydrogens is 578 g/mol. The molecule has 222 valence electrons. The Morgan fingerprint density at radius 3 is 2.55 bits per heavy atom. The molecule has 10 nitrogen and oxygen atoms in total. The average molecular weight is 612 g/mol. The number of aromatic nitrogens is 3. The Kier molecular flexibility index (Phi) is 8.41. The van der Waals surface area contributed by atoms with Crippen molar-refractivity contribution >= 4 is 49.9 Å². The number of hydrogen-bond donors (Lipinski definition) is 1. The first-order valence-corrected chi connectivity index (χ1v) is 16.3. The summed E-state index contributed by atoms with van der Waals surface area (Å²) in [7, 11) is -3.59. The lowest BCUT2D eigenvalue weighted by Gasteiger charge is -2.30. The van der Waals surface area contributed by atoms with Gasteiger partial charge in [-0.2, -0.15) is 0 Å². The number of halogens is 1. The van der Waals surface area contributed by atoms with Crippen LogP contribution < -0.4 is 19.7 Å². The van der Waals surface area contributed by atoms with E-state index in [9.17, 15) is 8.42 Å². The van der Waals surface area contributed by atoms with E-state index in [0.717, 1.165) is 55.9 Å². The highest BCUT2D eigenvalue weighted by Crippen LogP contribution is 2.38. The van der Waals surface area contributed by atoms with E-state index in [1.807, 2.05) is 24.3 Å². The molecule has 42 heavy (non-hydrogen) atoms. The maximum Gasteiger partial charge on any atom is 0.238 e. The SMILES string of the molecule is CCS(=O)(=O)n1cc2c3cc(ccc31)OCCCCCCOc1cc(ccc1N1CCOCC1)Nc1ncc(Cl)c-2n1. The van der Waals surface area contributed by atoms with Gasteiger partial charge in [-0.3, -0.25) is 0 Å². The minimum atomic E-state index is -3.59. The fourth-order valence-electron chi connectivity index (χ4n) is 5.28. The normalized spacial score (nSPS) is 16.6. The number of anilines is 3. The summed E-state index contributed by atoms with van der Waals surface area (Å²) in [5.41, 5.74) is 3.32. The zero-order valence-corrected chi connectivity index (χ0v) is 25.1. The highest BCUT2D eigenvalue weighted by molar-refractivity contribution is 7.90. The summed E-state index contributed by atoms with van der Waals surface area (Å²) >= 11 is 6.64. The number of benzene rings is 2. The molecule has 1 saturated heterocycles. The first-order chi connectivity index (χ1) is 20.4. The highest BCUT2D eigenvalue weighted by Gasteiger charge is 2.22. The van der Waals surface area contributed by atoms with Crippen LogP contribution in [0.2, 0.25) is 5.02 Å². The zero-order chi connectivity index (χ0) is 29.1. The minimum absolute atomic E-state index is 0.0519. The van der Waals surface area contributed by atoms with Crippen LogP contribution in [-0.2, 0) is 14.8 Å². The summed E-state index contributed by atoms with van der Waals surface area (Å²) < 4.78 is 45.3. The van der Waals surface area contributed by atoms with Crippen molar-refractivity contribution < 1.29 is 22.6 Å². The first kappa shape index (κ1) is 28.6. The van der Waals surface area contributed by atoms with Crippen molar-refractivity contribution in [2.45, 2.75) is 32.6 Å². The highest BCUT2D eigenvalue weighted by atomic mass is 35.5. The van der Waals surface area contributed by atoms with Gasteiger partial charge in [0.05, 0.1) is 60.3 Å². The Balaban J connectivity index is 1.44. The summed E-state index contributed by atoms with van der Waals surface area (Å²) in [4.78, 5) is 11.4. The molecule has 2 aromatic carbocycles. The van der Waals surface area contributed by atoms with Crippen molar-refractivity contribution in [3.05, 3.63) is 53.8 Å². The monoisotopic (exact) mass is 611 g/mol. The second kappa shape index (κ2) is 12.4. The predicted octanol–water partition coefficient (Wildman–Crippen LogP) is 5.86. The van der Waals surface area contributed by atoms with Gasteiger partial charge in [0, 0.05) is 42.0 Å². The van der Waals surface area contributed by atoms with E-state index in [2.05, 4.69) is 15.2 Å². The average Bonchev–Trinajstić information content (AvgIpc) is 3.39. The molecule has 1 N–H and O–H groups in total. The lowest BCUT2D eigenvalue weighted by Crippen LogP contribution is -2.36. The van der Waals surface area contributed by atoms with Crippen LogP contribution in [0, 0.1) is 0 Å². The predicted molar refractivity (Wildman–Crippen MR) is 165 cm³/mol. The van der Waals surface area contributed by atoms with Crippen LogP contribution in [0.25, 0.3) is 22.2 Å². The van der Waals surface area contributed by atoms with E-state index in [1.54, 1.807) is 25.3 Å². The standard InChI is InChI=1S/C30H34ClN5O5S/c1-2-42(37,38)36-20-24-23-18-22(8-10-26(23)36)40-13-5-3-4-6-14-41-28-17-21(33-30-32-19-25(31)29(24)34-30)7-9-27(28)35-11-15-39-16-12-35/h7-10,17-20H,2-6,11-16H2,1H3,(H,32,33,34). The van der Waals surface area contributed by atoms with Gasteiger partial charge in [0.15, 0.2) is 0 Å². The van der Waals surface area contributed by atoms with Crippen LogP contribution in [0.4, 0.5) is 17.3 Å². The molecule has 2 aliphatic heterocycles. The molecule has 0 amide bonds. The molecule has 4 heterocycles. The van der Waals surface area contributed by atoms with Crippen molar-refractivity contribution in [1.82, 2.24) is 13.9 Å². The Morgan fingerprint density at radius 2 is 1.76 bits per heavy atom. The zero-order valence-electron chi connectivity index (χ0n) is 23.5. The van der Waals surface area contributed by atoms with Crippen molar-refractivity contribution in [3.8, 4) is 22.8 Å². The second-order valence-electron chi connectivity index (χ2n) is 10.3.